The van der Waals surface area contributed by atoms with Gasteiger partial charge in [0.25, 0.3) is 17.5 Å². The molecule has 0 aromatic heterocycles. The zero-order chi connectivity index (χ0) is 20.4. The van der Waals surface area contributed by atoms with Gasteiger partial charge in [0.1, 0.15) is 12.2 Å². The van der Waals surface area contributed by atoms with E-state index in [1.807, 2.05) is 0 Å². The number of nitrogens with zero attached hydrogens (tertiary/aromatic N) is 2. The average molecular weight is 424 g/mol. The molecular weight excluding hydrogens is 413 g/mol. The summed E-state index contributed by atoms with van der Waals surface area (Å²) in [6, 6.07) is 8.24. The lowest BCUT2D eigenvalue weighted by Crippen LogP contribution is -2.34. The Hall–Kier alpha value is -3.17. The normalized spacial score (nSPS) is 12.7. The smallest absolute Gasteiger partial charge is 0.411 e. The standard InChI is InChI=1S/C17H11Cl2N3O6/c18-11-5-4-9(8-12(11)19)20-17(25)28-7-6-21-15(23)10-2-1-3-13(22(26)27)14(10)16(21)24/h1-5,8H,6-7H2,(H,20,25). The molecule has 3 rings (SSSR count). The van der Waals surface area contributed by atoms with Gasteiger partial charge < -0.3 is 4.74 Å². The van der Waals surface area contributed by atoms with Gasteiger partial charge in [-0.1, -0.05) is 29.3 Å². The SMILES string of the molecule is O=C(Nc1ccc(Cl)c(Cl)c1)OCCN1C(=O)c2cccc([N+](=O)[O-])c2C1=O. The van der Waals surface area contributed by atoms with Gasteiger partial charge in [0.2, 0.25) is 0 Å². The molecule has 1 N–H and O–H groups in total. The lowest BCUT2D eigenvalue weighted by molar-refractivity contribution is -0.385. The largest absolute Gasteiger partial charge is 0.447 e. The molecule has 1 aliphatic rings. The lowest BCUT2D eigenvalue weighted by atomic mass is 10.1. The number of amides is 3. The minimum atomic E-state index is -0.832. The molecule has 0 atom stereocenters. The first-order valence-electron chi connectivity index (χ1n) is 7.82. The molecule has 0 bridgehead atoms. The summed E-state index contributed by atoms with van der Waals surface area (Å²) in [5, 5.41) is 14.0. The predicted octanol–water partition coefficient (Wildman–Crippen LogP) is 3.75. The molecule has 0 fully saturated rings. The number of hydrogen-bond donors (Lipinski definition) is 1. The van der Waals surface area contributed by atoms with Gasteiger partial charge in [-0.3, -0.25) is 29.9 Å². The van der Waals surface area contributed by atoms with Gasteiger partial charge in [-0.05, 0) is 24.3 Å². The van der Waals surface area contributed by atoms with Crippen molar-refractivity contribution in [2.45, 2.75) is 0 Å². The van der Waals surface area contributed by atoms with E-state index in [1.165, 1.54) is 30.3 Å². The summed E-state index contributed by atoms with van der Waals surface area (Å²) in [5.74, 6) is -1.49. The van der Waals surface area contributed by atoms with Crippen molar-refractivity contribution in [1.29, 1.82) is 0 Å². The molecule has 0 saturated carbocycles. The number of benzene rings is 2. The number of nitro benzene ring substituents is 1. The number of nitrogens with one attached hydrogen (secondary N) is 1. The number of rotatable bonds is 5. The van der Waals surface area contributed by atoms with Crippen molar-refractivity contribution in [2.75, 3.05) is 18.5 Å². The Bertz CT molecular complexity index is 1010. The fourth-order valence-electron chi connectivity index (χ4n) is 2.63. The Morgan fingerprint density at radius 3 is 2.57 bits per heavy atom. The van der Waals surface area contributed by atoms with E-state index in [1.54, 1.807) is 0 Å². The van der Waals surface area contributed by atoms with Gasteiger partial charge in [-0.25, -0.2) is 4.79 Å². The van der Waals surface area contributed by atoms with Gasteiger partial charge in [0.05, 0.1) is 27.1 Å². The molecule has 1 heterocycles. The highest BCUT2D eigenvalue weighted by molar-refractivity contribution is 6.42. The maximum atomic E-state index is 12.4. The molecule has 0 spiro atoms. The molecule has 28 heavy (non-hydrogen) atoms. The number of nitro groups is 1. The van der Waals surface area contributed by atoms with E-state index in [2.05, 4.69) is 5.32 Å². The van der Waals surface area contributed by atoms with E-state index in [9.17, 15) is 24.5 Å². The van der Waals surface area contributed by atoms with E-state index in [0.717, 1.165) is 11.0 Å². The topological polar surface area (TPSA) is 119 Å². The van der Waals surface area contributed by atoms with Crippen molar-refractivity contribution >= 4 is 52.5 Å². The Labute approximate surface area is 167 Å². The minimum absolute atomic E-state index is 0.0561. The van der Waals surface area contributed by atoms with Crippen LogP contribution >= 0.6 is 23.2 Å². The van der Waals surface area contributed by atoms with Crippen LogP contribution in [-0.2, 0) is 4.74 Å². The van der Waals surface area contributed by atoms with Gasteiger partial charge in [0, 0.05) is 11.8 Å². The van der Waals surface area contributed by atoms with E-state index in [0.29, 0.717) is 10.7 Å². The van der Waals surface area contributed by atoms with Crippen LogP contribution in [0.15, 0.2) is 36.4 Å². The number of carbonyl (C=O) groups excluding carboxylic acids is 3. The summed E-state index contributed by atoms with van der Waals surface area (Å²) >= 11 is 11.6. The molecule has 0 aliphatic carbocycles. The third kappa shape index (κ3) is 3.75. The first-order valence-corrected chi connectivity index (χ1v) is 8.57. The van der Waals surface area contributed by atoms with Crippen molar-refractivity contribution < 1.29 is 24.0 Å². The highest BCUT2D eigenvalue weighted by atomic mass is 35.5. The number of fused-ring (bicyclic) bond motifs is 1. The molecule has 0 saturated heterocycles. The van der Waals surface area contributed by atoms with E-state index >= 15 is 0 Å². The highest BCUT2D eigenvalue weighted by Crippen LogP contribution is 2.30. The van der Waals surface area contributed by atoms with Crippen LogP contribution in [0.2, 0.25) is 10.0 Å². The van der Waals surface area contributed by atoms with Gasteiger partial charge in [-0.15, -0.1) is 0 Å². The summed E-state index contributed by atoms with van der Waals surface area (Å²) in [6.07, 6.45) is -0.832. The van der Waals surface area contributed by atoms with Crippen molar-refractivity contribution in [2.24, 2.45) is 0 Å². The summed E-state index contributed by atoms with van der Waals surface area (Å²) in [7, 11) is 0. The fourth-order valence-corrected chi connectivity index (χ4v) is 2.93. The van der Waals surface area contributed by atoms with Crippen LogP contribution in [0.5, 0.6) is 0 Å². The Morgan fingerprint density at radius 2 is 1.89 bits per heavy atom. The first-order chi connectivity index (χ1) is 13.3. The minimum Gasteiger partial charge on any atom is -0.447 e. The van der Waals surface area contributed by atoms with Gasteiger partial charge >= 0.3 is 6.09 Å². The molecule has 0 unspecified atom stereocenters. The molecule has 2 aromatic rings. The van der Waals surface area contributed by atoms with Crippen molar-refractivity contribution in [3.8, 4) is 0 Å². The molecular formula is C17H11Cl2N3O6. The number of anilines is 1. The van der Waals surface area contributed by atoms with Crippen molar-refractivity contribution in [1.82, 2.24) is 4.90 Å². The molecule has 1 aliphatic heterocycles. The van der Waals surface area contributed by atoms with Crippen molar-refractivity contribution in [3.05, 3.63) is 67.7 Å². The lowest BCUT2D eigenvalue weighted by Gasteiger charge is -2.14. The van der Waals surface area contributed by atoms with E-state index in [-0.39, 0.29) is 29.3 Å². The number of hydrogen-bond acceptors (Lipinski definition) is 6. The summed E-state index contributed by atoms with van der Waals surface area (Å²) < 4.78 is 4.95. The second-order valence-electron chi connectivity index (χ2n) is 5.61. The number of imide groups is 1. The maximum absolute atomic E-state index is 12.4. The van der Waals surface area contributed by atoms with E-state index in [4.69, 9.17) is 27.9 Å². The first kappa shape index (κ1) is 19.6. The summed E-state index contributed by atoms with van der Waals surface area (Å²) in [5.41, 5.74) is -0.426. The Morgan fingerprint density at radius 1 is 1.14 bits per heavy atom. The number of carbonyl (C=O) groups is 3. The van der Waals surface area contributed by atoms with Crippen LogP contribution in [-0.4, -0.2) is 40.9 Å². The molecule has 3 amide bonds. The maximum Gasteiger partial charge on any atom is 0.411 e. The molecule has 11 heteroatoms. The monoisotopic (exact) mass is 423 g/mol. The third-order valence-corrected chi connectivity index (χ3v) is 4.63. The fraction of sp³-hybridized carbons (Fsp3) is 0.118. The van der Waals surface area contributed by atoms with Gasteiger partial charge in [0.15, 0.2) is 0 Å². The molecule has 0 radical (unpaired) electrons. The van der Waals surface area contributed by atoms with Crippen LogP contribution < -0.4 is 5.32 Å². The third-order valence-electron chi connectivity index (χ3n) is 3.89. The highest BCUT2D eigenvalue weighted by Gasteiger charge is 2.40. The second-order valence-corrected chi connectivity index (χ2v) is 6.42. The second kappa shape index (κ2) is 7.83. The number of halogens is 2. The van der Waals surface area contributed by atoms with Crippen LogP contribution in [0, 0.1) is 10.1 Å². The van der Waals surface area contributed by atoms with Crippen LogP contribution in [0.3, 0.4) is 0 Å². The molecule has 144 valence electrons. The Balaban J connectivity index is 1.61. The molecule has 2 aromatic carbocycles. The molecule has 9 nitrogen and oxygen atoms in total. The summed E-state index contributed by atoms with van der Waals surface area (Å²) in [4.78, 5) is 47.7. The van der Waals surface area contributed by atoms with Crippen LogP contribution in [0.4, 0.5) is 16.2 Å². The van der Waals surface area contributed by atoms with Crippen LogP contribution in [0.25, 0.3) is 0 Å². The predicted molar refractivity (Wildman–Crippen MR) is 99.9 cm³/mol. The number of ether oxygens (including phenoxy) is 1. The van der Waals surface area contributed by atoms with E-state index < -0.39 is 28.5 Å². The van der Waals surface area contributed by atoms with Crippen LogP contribution in [0.1, 0.15) is 20.7 Å². The van der Waals surface area contributed by atoms with Crippen molar-refractivity contribution in [3.63, 3.8) is 0 Å². The average Bonchev–Trinajstić information content (AvgIpc) is 2.89. The zero-order valence-corrected chi connectivity index (χ0v) is 15.5. The van der Waals surface area contributed by atoms with Gasteiger partial charge in [-0.2, -0.15) is 0 Å². The Kier molecular flexibility index (Phi) is 5.48. The quantitative estimate of drug-likeness (QED) is 0.444. The summed E-state index contributed by atoms with van der Waals surface area (Å²) in [6.45, 7) is -0.551. The zero-order valence-electron chi connectivity index (χ0n) is 14.0.